The number of hydrogen-bond donors (Lipinski definition) is 7. The summed E-state index contributed by atoms with van der Waals surface area (Å²) in [7, 11) is -16.8. The molecule has 6 unspecified atom stereocenters. The molecule has 1 fully saturated rings. The van der Waals surface area contributed by atoms with E-state index in [9.17, 15) is 38.4 Å². The number of aliphatic hydroxyl groups excluding tert-OH is 2. The molecule has 0 aromatic carbocycles. The van der Waals surface area contributed by atoms with Crippen molar-refractivity contribution in [1.29, 1.82) is 0 Å². The van der Waals surface area contributed by atoms with Crippen molar-refractivity contribution in [2.45, 2.75) is 24.5 Å². The van der Waals surface area contributed by atoms with Crippen LogP contribution in [-0.2, 0) is 31.6 Å². The summed E-state index contributed by atoms with van der Waals surface area (Å²) in [6.45, 7) is -1.05. The third-order valence-electron chi connectivity index (χ3n) is 3.28. The monoisotopic (exact) mass is 576 g/mol. The first-order valence-corrected chi connectivity index (χ1v) is 11.7. The molecule has 0 bridgehead atoms. The van der Waals surface area contributed by atoms with Crippen LogP contribution < -0.4 is 11.2 Å². The van der Waals surface area contributed by atoms with Gasteiger partial charge < -0.3 is 34.5 Å². The smallest absolute Gasteiger partial charge is 0.387 e. The van der Waals surface area contributed by atoms with E-state index in [2.05, 4.69) is 13.1 Å². The fourth-order valence-corrected chi connectivity index (χ4v) is 5.23. The van der Waals surface area contributed by atoms with E-state index >= 15 is 0 Å². The molecule has 2 heterocycles. The summed E-state index contributed by atoms with van der Waals surface area (Å²) in [6, 6.07) is 0.920. The molecule has 7 N–H and O–H groups in total. The maximum absolute atomic E-state index is 11.7. The Morgan fingerprint density at radius 2 is 1.48 bits per heavy atom. The first-order chi connectivity index (χ1) is 13.1. The second kappa shape index (κ2) is 16.2. The fourth-order valence-electron chi connectivity index (χ4n) is 2.20. The van der Waals surface area contributed by atoms with Gasteiger partial charge in [-0.05, 0) is 0 Å². The Labute approximate surface area is 273 Å². The number of H-pyrrole nitrogens is 1. The van der Waals surface area contributed by atoms with Crippen molar-refractivity contribution in [3.8, 4) is 0 Å². The third kappa shape index (κ3) is 13.1. The van der Waals surface area contributed by atoms with E-state index in [0.717, 1.165) is 12.3 Å². The average Bonchev–Trinajstić information content (AvgIpc) is 2.78. The molecule has 2 rings (SSSR count). The van der Waals surface area contributed by atoms with Crippen molar-refractivity contribution in [1.82, 2.24) is 9.55 Å². The van der Waals surface area contributed by atoms with Crippen LogP contribution >= 0.6 is 23.5 Å². The van der Waals surface area contributed by atoms with E-state index in [1.54, 1.807) is 0 Å². The molecule has 170 valence electrons. The van der Waals surface area contributed by atoms with Crippen molar-refractivity contribution in [3.05, 3.63) is 33.1 Å². The number of aromatic amines is 1. The molecular weight excluding hydrogens is 561 g/mol. The van der Waals surface area contributed by atoms with Crippen LogP contribution in [0.5, 0.6) is 0 Å². The maximum atomic E-state index is 11.7. The normalized spacial score (nSPS) is 25.8. The summed E-state index contributed by atoms with van der Waals surface area (Å²) in [5.41, 5.74) is -1.74. The van der Waals surface area contributed by atoms with Crippen molar-refractivity contribution in [2.24, 2.45) is 0 Å². The van der Waals surface area contributed by atoms with Crippen LogP contribution in [0.3, 0.4) is 0 Å². The Morgan fingerprint density at radius 3 is 1.97 bits per heavy atom. The van der Waals surface area contributed by atoms with Crippen LogP contribution in [-0.4, -0.2) is 182 Å². The first kappa shape index (κ1) is 40.5. The van der Waals surface area contributed by atoms with Gasteiger partial charge in [0.05, 0.1) is 6.61 Å². The first-order valence-electron chi connectivity index (χ1n) is 7.22. The fraction of sp³-hybridized carbons (Fsp3) is 0.556. The predicted octanol–water partition coefficient (Wildman–Crippen LogP) is -4.02. The summed E-state index contributed by atoms with van der Waals surface area (Å²) in [5, 5.41) is 19.9. The molecule has 24 heteroatoms. The average molecular weight is 576 g/mol. The molecule has 1 aliphatic heterocycles. The van der Waals surface area contributed by atoms with Crippen LogP contribution in [0.25, 0.3) is 0 Å². The van der Waals surface area contributed by atoms with Gasteiger partial charge in [0, 0.05) is 130 Å². The van der Waals surface area contributed by atoms with Crippen LogP contribution in [0.15, 0.2) is 21.9 Å². The third-order valence-corrected chi connectivity index (χ3v) is 7.08. The summed E-state index contributed by atoms with van der Waals surface area (Å²) in [5.74, 6) is 0. The molecular formula is C9H15N2Na4O15P3. The standard InChI is InChI=1S/C9H15N2O15P3.4Na/c12-5-1-2-11(9(15)10-5)8-7(14)6(13)4(24-8)3-23-28(19,20)26-29(21,22)25-27(16,17)18;;;;/h1-2,4,6-8,13-14H,3H2,(H,19,20)(H,21,22)(H,10,12,15)(H2,16,17,18);;;;. The van der Waals surface area contributed by atoms with E-state index in [-0.39, 0.29) is 118 Å². The summed E-state index contributed by atoms with van der Waals surface area (Å²) < 4.78 is 50.6. The number of aliphatic hydroxyl groups is 2. The zero-order valence-corrected chi connectivity index (χ0v) is 28.5. The van der Waals surface area contributed by atoms with Crippen molar-refractivity contribution in [3.63, 3.8) is 0 Å². The minimum atomic E-state index is -5.73. The largest absolute Gasteiger partial charge is 0.490 e. The second-order valence-electron chi connectivity index (χ2n) is 5.45. The molecule has 1 aromatic heterocycles. The molecule has 0 aliphatic carbocycles. The van der Waals surface area contributed by atoms with Gasteiger partial charge >= 0.3 is 29.2 Å². The van der Waals surface area contributed by atoms with Gasteiger partial charge in [-0.1, -0.05) is 0 Å². The zero-order valence-electron chi connectivity index (χ0n) is 17.8. The quantitative estimate of drug-likeness (QED) is 0.115. The molecule has 6 atom stereocenters. The SMILES string of the molecule is O=c1ccn(C2OC(COP(=O)(O)OP(=O)(O)OP(=O)(O)O)C(O)C2O)c(=O)[nH]1.[Na].[Na].[Na].[Na]. The van der Waals surface area contributed by atoms with Crippen LogP contribution in [0.2, 0.25) is 0 Å². The van der Waals surface area contributed by atoms with Gasteiger partial charge in [-0.2, -0.15) is 8.62 Å². The van der Waals surface area contributed by atoms with E-state index in [1.807, 2.05) is 4.98 Å². The van der Waals surface area contributed by atoms with Crippen LogP contribution in [0.1, 0.15) is 6.23 Å². The Hall–Kier alpha value is 2.97. The summed E-state index contributed by atoms with van der Waals surface area (Å²) in [6.07, 6.45) is -5.70. The molecule has 17 nitrogen and oxygen atoms in total. The molecule has 0 spiro atoms. The van der Waals surface area contributed by atoms with Crippen molar-refractivity contribution >= 4 is 142 Å². The predicted molar refractivity (Wildman–Crippen MR) is 110 cm³/mol. The van der Waals surface area contributed by atoms with E-state index in [0.29, 0.717) is 4.57 Å². The molecule has 1 saturated heterocycles. The Bertz CT molecular complexity index is 1010. The Kier molecular flexibility index (Phi) is 19.8. The van der Waals surface area contributed by atoms with Crippen LogP contribution in [0.4, 0.5) is 0 Å². The topological polar surface area (TPSA) is 264 Å². The Balaban J connectivity index is -0.00000225. The molecule has 1 aliphatic rings. The second-order valence-corrected chi connectivity index (χ2v) is 9.87. The van der Waals surface area contributed by atoms with Gasteiger partial charge in [-0.25, -0.2) is 18.5 Å². The minimum Gasteiger partial charge on any atom is -0.387 e. The van der Waals surface area contributed by atoms with Gasteiger partial charge in [0.2, 0.25) is 0 Å². The number of ether oxygens (including phenoxy) is 1. The van der Waals surface area contributed by atoms with E-state index in [1.165, 1.54) is 0 Å². The number of hydrogen-bond acceptors (Lipinski definition) is 11. The number of nitrogens with zero attached hydrogens (tertiary/aromatic N) is 1. The van der Waals surface area contributed by atoms with Gasteiger partial charge in [-0.15, -0.1) is 0 Å². The van der Waals surface area contributed by atoms with Crippen molar-refractivity contribution < 1.29 is 61.4 Å². The van der Waals surface area contributed by atoms with Gasteiger partial charge in [0.25, 0.3) is 5.56 Å². The maximum Gasteiger partial charge on any atom is 0.490 e. The summed E-state index contributed by atoms with van der Waals surface area (Å²) >= 11 is 0. The van der Waals surface area contributed by atoms with Crippen molar-refractivity contribution in [2.75, 3.05) is 6.61 Å². The van der Waals surface area contributed by atoms with E-state index < -0.39 is 65.9 Å². The molecule has 0 saturated carbocycles. The zero-order chi connectivity index (χ0) is 22.2. The van der Waals surface area contributed by atoms with E-state index in [4.69, 9.17) is 19.4 Å². The molecule has 4 radical (unpaired) electrons. The van der Waals surface area contributed by atoms with Gasteiger partial charge in [-0.3, -0.25) is 18.9 Å². The summed E-state index contributed by atoms with van der Waals surface area (Å²) in [4.78, 5) is 59.9. The van der Waals surface area contributed by atoms with Gasteiger partial charge in [0.1, 0.15) is 18.3 Å². The number of aromatic nitrogens is 2. The number of phosphoric acid groups is 3. The van der Waals surface area contributed by atoms with Crippen LogP contribution in [0, 0.1) is 0 Å². The molecule has 0 amide bonds. The molecule has 33 heavy (non-hydrogen) atoms. The van der Waals surface area contributed by atoms with Gasteiger partial charge in [0.15, 0.2) is 6.23 Å². The number of nitrogens with one attached hydrogen (secondary N) is 1. The number of phosphoric ester groups is 1. The Morgan fingerprint density at radius 1 is 0.939 bits per heavy atom. The minimum absolute atomic E-state index is 0. The number of rotatable bonds is 8. The molecule has 1 aromatic rings.